The standard InChI is InChI=1S/C13H12F3N3O2/c1-20-11-17-10(18-12(19-11)21-2)7-8-4-3-5-9(6-8)13(14,15)16/h3-6H,7H2,1-2H3. The normalized spacial score (nSPS) is 11.3. The second-order valence-corrected chi connectivity index (χ2v) is 4.10. The smallest absolute Gasteiger partial charge is 0.416 e. The third kappa shape index (κ3) is 3.80. The molecule has 0 spiro atoms. The second-order valence-electron chi connectivity index (χ2n) is 4.10. The molecular formula is C13H12F3N3O2. The van der Waals surface area contributed by atoms with Crippen LogP contribution in [0.4, 0.5) is 13.2 Å². The Morgan fingerprint density at radius 1 is 1.00 bits per heavy atom. The zero-order valence-electron chi connectivity index (χ0n) is 11.3. The molecule has 0 saturated heterocycles. The van der Waals surface area contributed by atoms with E-state index in [4.69, 9.17) is 9.47 Å². The van der Waals surface area contributed by atoms with Crippen LogP contribution in [0.1, 0.15) is 17.0 Å². The Kier molecular flexibility index (Phi) is 4.25. The Hall–Kier alpha value is -2.38. The van der Waals surface area contributed by atoms with Crippen LogP contribution in [0, 0.1) is 0 Å². The summed E-state index contributed by atoms with van der Waals surface area (Å²) in [5.74, 6) is 0.262. The zero-order chi connectivity index (χ0) is 15.5. The molecule has 0 bridgehead atoms. The largest absolute Gasteiger partial charge is 0.467 e. The van der Waals surface area contributed by atoms with Gasteiger partial charge in [0.25, 0.3) is 0 Å². The van der Waals surface area contributed by atoms with Crippen LogP contribution in [0.2, 0.25) is 0 Å². The fraction of sp³-hybridized carbons (Fsp3) is 0.308. The fourth-order valence-electron chi connectivity index (χ4n) is 1.68. The molecule has 8 heteroatoms. The van der Waals surface area contributed by atoms with Gasteiger partial charge in [0.2, 0.25) is 0 Å². The average Bonchev–Trinajstić information content (AvgIpc) is 2.46. The number of halogens is 3. The van der Waals surface area contributed by atoms with Crippen LogP contribution in [-0.4, -0.2) is 29.2 Å². The highest BCUT2D eigenvalue weighted by molar-refractivity contribution is 5.28. The maximum absolute atomic E-state index is 12.7. The molecule has 0 atom stereocenters. The summed E-state index contributed by atoms with van der Waals surface area (Å²) in [6.07, 6.45) is -4.27. The minimum Gasteiger partial charge on any atom is -0.467 e. The molecule has 0 amide bonds. The summed E-state index contributed by atoms with van der Waals surface area (Å²) < 4.78 is 47.8. The Balaban J connectivity index is 2.30. The highest BCUT2D eigenvalue weighted by Gasteiger charge is 2.30. The van der Waals surface area contributed by atoms with Gasteiger partial charge in [-0.05, 0) is 11.6 Å². The van der Waals surface area contributed by atoms with Gasteiger partial charge in [0.05, 0.1) is 19.8 Å². The predicted molar refractivity (Wildman–Crippen MR) is 67.2 cm³/mol. The van der Waals surface area contributed by atoms with Crippen LogP contribution in [0.3, 0.4) is 0 Å². The van der Waals surface area contributed by atoms with E-state index >= 15 is 0 Å². The number of hydrogen-bond donors (Lipinski definition) is 0. The summed E-state index contributed by atoms with van der Waals surface area (Å²) >= 11 is 0. The zero-order valence-corrected chi connectivity index (χ0v) is 11.3. The third-order valence-electron chi connectivity index (χ3n) is 2.62. The van der Waals surface area contributed by atoms with Crippen molar-refractivity contribution >= 4 is 0 Å². The number of ether oxygens (including phenoxy) is 2. The molecular weight excluding hydrogens is 287 g/mol. The van der Waals surface area contributed by atoms with Crippen LogP contribution in [0.5, 0.6) is 12.0 Å². The highest BCUT2D eigenvalue weighted by Crippen LogP contribution is 2.29. The number of rotatable bonds is 4. The number of aromatic nitrogens is 3. The molecule has 0 aliphatic heterocycles. The van der Waals surface area contributed by atoms with Gasteiger partial charge in [0, 0.05) is 6.42 Å². The summed E-state index contributed by atoms with van der Waals surface area (Å²) in [6.45, 7) is 0. The molecule has 21 heavy (non-hydrogen) atoms. The molecule has 2 aromatic rings. The highest BCUT2D eigenvalue weighted by atomic mass is 19.4. The molecule has 1 heterocycles. The van der Waals surface area contributed by atoms with E-state index in [1.165, 1.54) is 20.3 Å². The molecule has 0 aliphatic carbocycles. The van der Waals surface area contributed by atoms with E-state index in [1.54, 1.807) is 6.07 Å². The summed E-state index contributed by atoms with van der Waals surface area (Å²) in [5.41, 5.74) is -0.284. The van der Waals surface area contributed by atoms with Crippen molar-refractivity contribution in [3.05, 3.63) is 41.2 Å². The molecule has 0 radical (unpaired) electrons. The average molecular weight is 299 g/mol. The number of benzene rings is 1. The molecule has 1 aromatic heterocycles. The SMILES string of the molecule is COc1nc(Cc2cccc(C(F)(F)F)c2)nc(OC)n1. The monoisotopic (exact) mass is 299 g/mol. The molecule has 0 fully saturated rings. The predicted octanol–water partition coefficient (Wildman–Crippen LogP) is 2.50. The molecule has 0 saturated carbocycles. The summed E-state index contributed by atoms with van der Waals surface area (Å²) in [5, 5.41) is 0. The van der Waals surface area contributed by atoms with Crippen LogP contribution < -0.4 is 9.47 Å². The van der Waals surface area contributed by atoms with Crippen molar-refractivity contribution in [3.63, 3.8) is 0 Å². The van der Waals surface area contributed by atoms with Gasteiger partial charge >= 0.3 is 18.2 Å². The van der Waals surface area contributed by atoms with Crippen LogP contribution in [0.15, 0.2) is 24.3 Å². The van der Waals surface area contributed by atoms with Gasteiger partial charge in [0.15, 0.2) is 0 Å². The lowest BCUT2D eigenvalue weighted by molar-refractivity contribution is -0.137. The van der Waals surface area contributed by atoms with Crippen molar-refractivity contribution in [1.82, 2.24) is 15.0 Å². The molecule has 0 N–H and O–H groups in total. The van der Waals surface area contributed by atoms with Gasteiger partial charge in [-0.3, -0.25) is 0 Å². The molecule has 0 aliphatic rings. The van der Waals surface area contributed by atoms with Crippen molar-refractivity contribution in [2.75, 3.05) is 14.2 Å². The number of nitrogens with zero attached hydrogens (tertiary/aromatic N) is 3. The van der Waals surface area contributed by atoms with Gasteiger partial charge in [-0.2, -0.15) is 23.1 Å². The van der Waals surface area contributed by atoms with Gasteiger partial charge in [-0.1, -0.05) is 18.2 Å². The Labute approximate surface area is 118 Å². The molecule has 1 aromatic carbocycles. The number of hydrogen-bond acceptors (Lipinski definition) is 5. The quantitative estimate of drug-likeness (QED) is 0.868. The Bertz CT molecular complexity index is 610. The summed E-state index contributed by atoms with van der Waals surface area (Å²) in [7, 11) is 2.76. The minimum atomic E-state index is -4.38. The topological polar surface area (TPSA) is 57.1 Å². The van der Waals surface area contributed by atoms with Gasteiger partial charge < -0.3 is 9.47 Å². The molecule has 5 nitrogen and oxygen atoms in total. The van der Waals surface area contributed by atoms with E-state index in [9.17, 15) is 13.2 Å². The third-order valence-corrected chi connectivity index (χ3v) is 2.62. The van der Waals surface area contributed by atoms with Crippen LogP contribution >= 0.6 is 0 Å². The van der Waals surface area contributed by atoms with Crippen molar-refractivity contribution < 1.29 is 22.6 Å². The van der Waals surface area contributed by atoms with Crippen molar-refractivity contribution in [2.45, 2.75) is 12.6 Å². The molecule has 112 valence electrons. The number of methoxy groups -OCH3 is 2. The fourth-order valence-corrected chi connectivity index (χ4v) is 1.68. The summed E-state index contributed by atoms with van der Waals surface area (Å²) in [6, 6.07) is 5.07. The van der Waals surface area contributed by atoms with Crippen molar-refractivity contribution in [3.8, 4) is 12.0 Å². The number of alkyl halides is 3. The molecule has 2 rings (SSSR count). The van der Waals surface area contributed by atoms with E-state index in [-0.39, 0.29) is 24.3 Å². The van der Waals surface area contributed by atoms with Crippen molar-refractivity contribution in [1.29, 1.82) is 0 Å². The first-order chi connectivity index (χ1) is 9.92. The maximum atomic E-state index is 12.7. The summed E-state index contributed by atoms with van der Waals surface area (Å²) in [4.78, 5) is 11.8. The van der Waals surface area contributed by atoms with E-state index in [0.29, 0.717) is 5.56 Å². The van der Waals surface area contributed by atoms with Gasteiger partial charge in [0.1, 0.15) is 5.82 Å². The van der Waals surface area contributed by atoms with Crippen LogP contribution in [0.25, 0.3) is 0 Å². The van der Waals surface area contributed by atoms with E-state index < -0.39 is 11.7 Å². The van der Waals surface area contributed by atoms with Crippen molar-refractivity contribution in [2.24, 2.45) is 0 Å². The van der Waals surface area contributed by atoms with E-state index in [1.807, 2.05) is 0 Å². The lowest BCUT2D eigenvalue weighted by Crippen LogP contribution is -2.07. The van der Waals surface area contributed by atoms with E-state index in [0.717, 1.165) is 12.1 Å². The second kappa shape index (κ2) is 5.94. The minimum absolute atomic E-state index is 0.0452. The van der Waals surface area contributed by atoms with Gasteiger partial charge in [-0.25, -0.2) is 0 Å². The molecule has 0 unspecified atom stereocenters. The lowest BCUT2D eigenvalue weighted by atomic mass is 10.1. The van der Waals surface area contributed by atoms with Crippen LogP contribution in [-0.2, 0) is 12.6 Å². The maximum Gasteiger partial charge on any atom is 0.416 e. The lowest BCUT2D eigenvalue weighted by Gasteiger charge is -2.09. The van der Waals surface area contributed by atoms with Gasteiger partial charge in [-0.15, -0.1) is 4.98 Å². The first-order valence-corrected chi connectivity index (χ1v) is 5.91. The Morgan fingerprint density at radius 2 is 1.62 bits per heavy atom. The van der Waals surface area contributed by atoms with E-state index in [2.05, 4.69) is 15.0 Å². The first kappa shape index (κ1) is 15.0. The first-order valence-electron chi connectivity index (χ1n) is 5.91. The Morgan fingerprint density at radius 3 is 2.14 bits per heavy atom.